The Bertz CT molecular complexity index is 361. The first kappa shape index (κ1) is 12.4. The lowest BCUT2D eigenvalue weighted by Gasteiger charge is -2.07. The van der Waals surface area contributed by atoms with Gasteiger partial charge in [-0.3, -0.25) is 5.41 Å². The molecule has 0 saturated carbocycles. The third kappa shape index (κ3) is 4.23. The molecule has 1 aromatic rings. The van der Waals surface area contributed by atoms with Gasteiger partial charge >= 0.3 is 5.97 Å². The second-order valence-electron chi connectivity index (χ2n) is 3.72. The summed E-state index contributed by atoms with van der Waals surface area (Å²) in [6.07, 6.45) is 0.244. The van der Waals surface area contributed by atoms with Crippen LogP contribution in [0.25, 0.3) is 0 Å². The van der Waals surface area contributed by atoms with Gasteiger partial charge in [-0.15, -0.1) is 0 Å². The predicted octanol–water partition coefficient (Wildman–Crippen LogP) is 1.49. The summed E-state index contributed by atoms with van der Waals surface area (Å²) < 4.78 is 4.97. The van der Waals surface area contributed by atoms with Gasteiger partial charge < -0.3 is 10.5 Å². The van der Waals surface area contributed by atoms with E-state index in [1.165, 1.54) is 0 Å². The van der Waals surface area contributed by atoms with Crippen molar-refractivity contribution in [3.63, 3.8) is 0 Å². The molecule has 0 fully saturated rings. The second kappa shape index (κ2) is 6.02. The number of ether oxygens (including phenoxy) is 1. The molecular formula is C12H16N2O2. The number of carbonyl (C=O) groups is 1. The molecule has 4 nitrogen and oxygen atoms in total. The Labute approximate surface area is 94.9 Å². The highest BCUT2D eigenvalue weighted by Crippen LogP contribution is 2.02. The Morgan fingerprint density at radius 1 is 1.44 bits per heavy atom. The zero-order chi connectivity index (χ0) is 12.0. The highest BCUT2D eigenvalue weighted by atomic mass is 16.5. The van der Waals surface area contributed by atoms with Gasteiger partial charge in [-0.1, -0.05) is 30.3 Å². The number of carbonyl (C=O) groups excluding carboxylic acids is 1. The number of nitrogens with two attached hydrogens (primary N) is 1. The smallest absolute Gasteiger partial charge is 0.352 e. The third-order valence-electron chi connectivity index (χ3n) is 1.99. The van der Waals surface area contributed by atoms with Crippen molar-refractivity contribution in [1.82, 2.24) is 0 Å². The zero-order valence-corrected chi connectivity index (χ0v) is 9.27. The first-order valence-electron chi connectivity index (χ1n) is 5.13. The molecule has 3 N–H and O–H groups in total. The number of esters is 1. The lowest BCUT2D eigenvalue weighted by molar-refractivity contribution is -0.137. The molecule has 1 aromatic carbocycles. The van der Waals surface area contributed by atoms with E-state index in [1.54, 1.807) is 6.92 Å². The minimum atomic E-state index is -0.596. The molecule has 86 valence electrons. The molecule has 1 atom stereocenters. The molecule has 0 amide bonds. The standard InChI is InChI=1S/C12H16N2O2/c1-9(13)7-11(14)12(15)16-8-10-5-3-2-4-6-10/h2-6,9,14H,7-8,13H2,1H3/t9-/m0/s1. The van der Waals surface area contributed by atoms with Gasteiger partial charge in [-0.25, -0.2) is 4.79 Å². The molecule has 0 unspecified atom stereocenters. The molecule has 0 aliphatic carbocycles. The summed E-state index contributed by atoms with van der Waals surface area (Å²) in [7, 11) is 0. The minimum absolute atomic E-state index is 0.0778. The van der Waals surface area contributed by atoms with E-state index < -0.39 is 5.97 Å². The van der Waals surface area contributed by atoms with Gasteiger partial charge in [-0.2, -0.15) is 0 Å². The van der Waals surface area contributed by atoms with Crippen LogP contribution in [0.4, 0.5) is 0 Å². The summed E-state index contributed by atoms with van der Waals surface area (Å²) >= 11 is 0. The van der Waals surface area contributed by atoms with Crippen molar-refractivity contribution in [2.75, 3.05) is 0 Å². The zero-order valence-electron chi connectivity index (χ0n) is 9.27. The molecule has 0 aliphatic heterocycles. The monoisotopic (exact) mass is 220 g/mol. The molecule has 1 rings (SSSR count). The molecule has 4 heteroatoms. The maximum absolute atomic E-state index is 11.3. The summed E-state index contributed by atoms with van der Waals surface area (Å²) in [5.41, 5.74) is 6.32. The highest BCUT2D eigenvalue weighted by molar-refractivity contribution is 6.35. The van der Waals surface area contributed by atoms with Crippen LogP contribution in [0.5, 0.6) is 0 Å². The predicted molar refractivity (Wildman–Crippen MR) is 62.2 cm³/mol. The van der Waals surface area contributed by atoms with Gasteiger partial charge in [0.1, 0.15) is 12.3 Å². The fourth-order valence-corrected chi connectivity index (χ4v) is 1.22. The SMILES string of the molecule is C[C@H](N)CC(=N)C(=O)OCc1ccccc1. The Kier molecular flexibility index (Phi) is 4.66. The average Bonchev–Trinajstić information content (AvgIpc) is 2.26. The van der Waals surface area contributed by atoms with Crippen LogP contribution >= 0.6 is 0 Å². The van der Waals surface area contributed by atoms with Crippen LogP contribution in [0.1, 0.15) is 18.9 Å². The Morgan fingerprint density at radius 2 is 2.06 bits per heavy atom. The van der Waals surface area contributed by atoms with Crippen LogP contribution in [0, 0.1) is 5.41 Å². The molecule has 16 heavy (non-hydrogen) atoms. The summed E-state index contributed by atoms with van der Waals surface area (Å²) in [6, 6.07) is 9.16. The van der Waals surface area contributed by atoms with Crippen LogP contribution in [0.15, 0.2) is 30.3 Å². The second-order valence-corrected chi connectivity index (χ2v) is 3.72. The number of hydrogen-bond acceptors (Lipinski definition) is 4. The van der Waals surface area contributed by atoms with E-state index >= 15 is 0 Å². The molecule has 0 radical (unpaired) electrons. The minimum Gasteiger partial charge on any atom is -0.456 e. The molecule has 0 aromatic heterocycles. The molecule has 0 aliphatic rings. The van der Waals surface area contributed by atoms with Gasteiger partial charge in [0.25, 0.3) is 0 Å². The van der Waals surface area contributed by atoms with Crippen molar-refractivity contribution in [2.24, 2.45) is 5.73 Å². The average molecular weight is 220 g/mol. The van der Waals surface area contributed by atoms with Gasteiger partial charge in [0, 0.05) is 12.5 Å². The van der Waals surface area contributed by atoms with Crippen molar-refractivity contribution >= 4 is 11.7 Å². The maximum Gasteiger partial charge on any atom is 0.352 e. The van der Waals surface area contributed by atoms with Crippen molar-refractivity contribution in [2.45, 2.75) is 26.0 Å². The maximum atomic E-state index is 11.3. The molecule has 0 spiro atoms. The first-order valence-corrected chi connectivity index (χ1v) is 5.13. The molecular weight excluding hydrogens is 204 g/mol. The van der Waals surface area contributed by atoms with Gasteiger partial charge in [0.2, 0.25) is 0 Å². The number of nitrogens with one attached hydrogen (secondary N) is 1. The topological polar surface area (TPSA) is 76.2 Å². The Balaban J connectivity index is 2.38. The van der Waals surface area contributed by atoms with Crippen molar-refractivity contribution in [1.29, 1.82) is 5.41 Å². The van der Waals surface area contributed by atoms with E-state index in [2.05, 4.69) is 0 Å². The molecule has 0 saturated heterocycles. The van der Waals surface area contributed by atoms with Crippen LogP contribution in [0.2, 0.25) is 0 Å². The third-order valence-corrected chi connectivity index (χ3v) is 1.99. The van der Waals surface area contributed by atoms with Gasteiger partial charge in [-0.05, 0) is 12.5 Å². The lowest BCUT2D eigenvalue weighted by atomic mass is 10.2. The van der Waals surface area contributed by atoms with Gasteiger partial charge in [0.15, 0.2) is 0 Å². The van der Waals surface area contributed by atoms with E-state index in [9.17, 15) is 4.79 Å². The van der Waals surface area contributed by atoms with E-state index in [-0.39, 0.29) is 24.8 Å². The van der Waals surface area contributed by atoms with E-state index in [1.807, 2.05) is 30.3 Å². The molecule has 0 heterocycles. The number of rotatable bonds is 5. The fourth-order valence-electron chi connectivity index (χ4n) is 1.22. The summed E-state index contributed by atoms with van der Waals surface area (Å²) in [5.74, 6) is -0.596. The highest BCUT2D eigenvalue weighted by Gasteiger charge is 2.12. The Hall–Kier alpha value is -1.68. The van der Waals surface area contributed by atoms with Crippen molar-refractivity contribution in [3.8, 4) is 0 Å². The fraction of sp³-hybridized carbons (Fsp3) is 0.333. The normalized spacial score (nSPS) is 11.9. The van der Waals surface area contributed by atoms with Crippen LogP contribution in [-0.4, -0.2) is 17.7 Å². The Morgan fingerprint density at radius 3 is 2.62 bits per heavy atom. The van der Waals surface area contributed by atoms with E-state index in [0.29, 0.717) is 0 Å². The van der Waals surface area contributed by atoms with Crippen LogP contribution in [-0.2, 0) is 16.1 Å². The summed E-state index contributed by atoms with van der Waals surface area (Å²) in [6.45, 7) is 1.94. The van der Waals surface area contributed by atoms with Crippen LogP contribution in [0.3, 0.4) is 0 Å². The molecule has 0 bridgehead atoms. The van der Waals surface area contributed by atoms with E-state index in [0.717, 1.165) is 5.56 Å². The van der Waals surface area contributed by atoms with Gasteiger partial charge in [0.05, 0.1) is 0 Å². The largest absolute Gasteiger partial charge is 0.456 e. The summed E-state index contributed by atoms with van der Waals surface area (Å²) in [4.78, 5) is 11.3. The van der Waals surface area contributed by atoms with Crippen molar-refractivity contribution in [3.05, 3.63) is 35.9 Å². The number of hydrogen-bond donors (Lipinski definition) is 2. The van der Waals surface area contributed by atoms with Crippen molar-refractivity contribution < 1.29 is 9.53 Å². The first-order chi connectivity index (χ1) is 7.59. The number of benzene rings is 1. The quantitative estimate of drug-likeness (QED) is 0.583. The summed E-state index contributed by atoms with van der Waals surface area (Å²) in [5, 5.41) is 7.44. The van der Waals surface area contributed by atoms with Crippen LogP contribution < -0.4 is 5.73 Å². The van der Waals surface area contributed by atoms with E-state index in [4.69, 9.17) is 15.9 Å². The lowest BCUT2D eigenvalue weighted by Crippen LogP contribution is -2.25.